The molecule has 0 atom stereocenters. The zero-order valence-corrected chi connectivity index (χ0v) is 14.8. The van der Waals surface area contributed by atoms with Gasteiger partial charge in [0.1, 0.15) is 0 Å². The Morgan fingerprint density at radius 2 is 1.95 bits per heavy atom. The van der Waals surface area contributed by atoms with E-state index < -0.39 is 0 Å². The molecule has 0 radical (unpaired) electrons. The zero-order chi connectivity index (χ0) is 15.2. The average molecular weight is 337 g/mol. The van der Waals surface area contributed by atoms with E-state index in [1.54, 1.807) is 11.3 Å². The van der Waals surface area contributed by atoms with Gasteiger partial charge in [-0.15, -0.1) is 23.1 Å². The van der Waals surface area contributed by atoms with E-state index in [9.17, 15) is 4.79 Å². The maximum absolute atomic E-state index is 12.4. The molecule has 0 N–H and O–H groups in total. The van der Waals surface area contributed by atoms with Crippen LogP contribution in [0.5, 0.6) is 0 Å². The smallest absolute Gasteiger partial charge is 0.232 e. The van der Waals surface area contributed by atoms with Crippen LogP contribution in [-0.2, 0) is 11.3 Å². The second-order valence-electron chi connectivity index (χ2n) is 7.62. The van der Waals surface area contributed by atoms with Crippen molar-refractivity contribution in [3.05, 3.63) is 16.6 Å². The van der Waals surface area contributed by atoms with Crippen molar-refractivity contribution < 1.29 is 4.79 Å². The summed E-state index contributed by atoms with van der Waals surface area (Å²) in [6.07, 6.45) is 8.51. The summed E-state index contributed by atoms with van der Waals surface area (Å²) < 4.78 is 0.436. The number of carbonyl (C=O) groups excluding carboxylic acids is 1. The van der Waals surface area contributed by atoms with Crippen molar-refractivity contribution >= 4 is 29.0 Å². The van der Waals surface area contributed by atoms with E-state index in [1.807, 2.05) is 34.6 Å². The molecule has 0 unspecified atom stereocenters. The van der Waals surface area contributed by atoms with Gasteiger partial charge in [0, 0.05) is 17.2 Å². The summed E-state index contributed by atoms with van der Waals surface area (Å²) in [6.45, 7) is 0.643. The molecule has 4 aliphatic carbocycles. The number of hydrogen-bond acceptors (Lipinski definition) is 4. The first-order valence-corrected chi connectivity index (χ1v) is 10.3. The Labute approximate surface area is 140 Å². The standard InChI is InChI=1S/C17H24N2OS2/c1-19(8-15-9-21-11-18-15)16(20)10-22-17-5-12-2-13(6-17)4-14(3-12)7-17/h9,11-14H,2-8,10H2,1H3. The predicted octanol–water partition coefficient (Wildman–Crippen LogP) is 3.80. The SMILES string of the molecule is CN(Cc1cscn1)C(=O)CSC12CC3CC(CC(C3)C1)C2. The van der Waals surface area contributed by atoms with Crippen LogP contribution < -0.4 is 0 Å². The highest BCUT2D eigenvalue weighted by Crippen LogP contribution is 2.60. The Balaban J connectivity index is 1.33. The summed E-state index contributed by atoms with van der Waals surface area (Å²) in [7, 11) is 1.90. The van der Waals surface area contributed by atoms with Gasteiger partial charge in [0.25, 0.3) is 0 Å². The second kappa shape index (κ2) is 5.82. The van der Waals surface area contributed by atoms with Gasteiger partial charge in [-0.2, -0.15) is 0 Å². The van der Waals surface area contributed by atoms with Crippen LogP contribution in [0.3, 0.4) is 0 Å². The fourth-order valence-electron chi connectivity index (χ4n) is 5.18. The Kier molecular flexibility index (Phi) is 3.97. The Bertz CT molecular complexity index is 508. The molecule has 22 heavy (non-hydrogen) atoms. The van der Waals surface area contributed by atoms with E-state index in [-0.39, 0.29) is 5.91 Å². The molecule has 4 saturated carbocycles. The van der Waals surface area contributed by atoms with E-state index in [2.05, 4.69) is 4.98 Å². The Morgan fingerprint density at radius 1 is 1.32 bits per heavy atom. The molecule has 1 aromatic heterocycles. The van der Waals surface area contributed by atoms with Crippen molar-refractivity contribution in [1.82, 2.24) is 9.88 Å². The van der Waals surface area contributed by atoms with Gasteiger partial charge in [0.15, 0.2) is 0 Å². The van der Waals surface area contributed by atoms with E-state index in [0.29, 0.717) is 17.0 Å². The highest BCUT2D eigenvalue weighted by Gasteiger charge is 2.51. The molecule has 5 heteroatoms. The number of aromatic nitrogens is 1. The molecule has 4 fully saturated rings. The van der Waals surface area contributed by atoms with E-state index in [4.69, 9.17) is 0 Å². The summed E-state index contributed by atoms with van der Waals surface area (Å²) in [5, 5.41) is 2.02. The first-order valence-electron chi connectivity index (χ1n) is 8.37. The highest BCUT2D eigenvalue weighted by molar-refractivity contribution is 8.01. The molecule has 1 amide bonds. The van der Waals surface area contributed by atoms with Crippen molar-refractivity contribution in [3.63, 3.8) is 0 Å². The van der Waals surface area contributed by atoms with Gasteiger partial charge in [-0.1, -0.05) is 0 Å². The minimum Gasteiger partial charge on any atom is -0.339 e. The second-order valence-corrected chi connectivity index (χ2v) is 9.78. The maximum Gasteiger partial charge on any atom is 0.232 e. The molecule has 0 aromatic carbocycles. The van der Waals surface area contributed by atoms with Crippen LogP contribution in [0.2, 0.25) is 0 Å². The summed E-state index contributed by atoms with van der Waals surface area (Å²) in [4.78, 5) is 18.5. The van der Waals surface area contributed by atoms with Crippen molar-refractivity contribution in [2.45, 2.75) is 49.8 Å². The van der Waals surface area contributed by atoms with Crippen LogP contribution in [0.1, 0.15) is 44.2 Å². The van der Waals surface area contributed by atoms with Gasteiger partial charge in [0.2, 0.25) is 5.91 Å². The molecular formula is C17H24N2OS2. The van der Waals surface area contributed by atoms with Gasteiger partial charge in [-0.05, 0) is 56.3 Å². The van der Waals surface area contributed by atoms with Crippen molar-refractivity contribution in [2.75, 3.05) is 12.8 Å². The normalized spacial score (nSPS) is 35.8. The maximum atomic E-state index is 12.4. The number of thioether (sulfide) groups is 1. The monoisotopic (exact) mass is 336 g/mol. The van der Waals surface area contributed by atoms with Crippen LogP contribution in [0.15, 0.2) is 10.9 Å². The predicted molar refractivity (Wildman–Crippen MR) is 91.9 cm³/mol. The van der Waals surface area contributed by atoms with Gasteiger partial charge >= 0.3 is 0 Å². The number of nitrogens with zero attached hydrogens (tertiary/aromatic N) is 2. The molecule has 5 rings (SSSR count). The van der Waals surface area contributed by atoms with Crippen molar-refractivity contribution in [1.29, 1.82) is 0 Å². The van der Waals surface area contributed by atoms with Gasteiger partial charge in [-0.3, -0.25) is 4.79 Å². The highest BCUT2D eigenvalue weighted by atomic mass is 32.2. The fraction of sp³-hybridized carbons (Fsp3) is 0.765. The average Bonchev–Trinajstić information content (AvgIpc) is 2.96. The van der Waals surface area contributed by atoms with Crippen LogP contribution in [0.25, 0.3) is 0 Å². The topological polar surface area (TPSA) is 33.2 Å². The Hall–Kier alpha value is -0.550. The molecule has 0 aliphatic heterocycles. The largest absolute Gasteiger partial charge is 0.339 e. The van der Waals surface area contributed by atoms with Crippen molar-refractivity contribution in [3.8, 4) is 0 Å². The lowest BCUT2D eigenvalue weighted by Gasteiger charge is -2.56. The summed E-state index contributed by atoms with van der Waals surface area (Å²) >= 11 is 3.56. The molecule has 120 valence electrons. The summed E-state index contributed by atoms with van der Waals surface area (Å²) in [5.41, 5.74) is 2.83. The number of thiazole rings is 1. The van der Waals surface area contributed by atoms with Gasteiger partial charge in [-0.25, -0.2) is 4.98 Å². The quantitative estimate of drug-likeness (QED) is 0.820. The van der Waals surface area contributed by atoms with Crippen molar-refractivity contribution in [2.24, 2.45) is 17.8 Å². The van der Waals surface area contributed by atoms with Gasteiger partial charge in [0.05, 0.1) is 23.5 Å². The number of hydrogen-bond donors (Lipinski definition) is 0. The minimum absolute atomic E-state index is 0.258. The molecule has 4 aliphatic rings. The molecule has 1 aromatic rings. The molecule has 0 spiro atoms. The lowest BCUT2D eigenvalue weighted by Crippen LogP contribution is -2.49. The number of amides is 1. The minimum atomic E-state index is 0.258. The van der Waals surface area contributed by atoms with Crippen LogP contribution in [0, 0.1) is 17.8 Å². The van der Waals surface area contributed by atoms with Crippen LogP contribution >= 0.6 is 23.1 Å². The molecule has 1 heterocycles. The number of rotatable bonds is 5. The zero-order valence-electron chi connectivity index (χ0n) is 13.2. The molecule has 4 bridgehead atoms. The number of carbonyl (C=O) groups is 1. The molecule has 0 saturated heterocycles. The van der Waals surface area contributed by atoms with E-state index in [0.717, 1.165) is 23.4 Å². The van der Waals surface area contributed by atoms with E-state index in [1.165, 1.54) is 38.5 Å². The first-order chi connectivity index (χ1) is 10.6. The summed E-state index contributed by atoms with van der Waals surface area (Å²) in [5.74, 6) is 3.78. The third kappa shape index (κ3) is 2.94. The van der Waals surface area contributed by atoms with E-state index >= 15 is 0 Å². The molecule has 3 nitrogen and oxygen atoms in total. The first kappa shape index (κ1) is 15.0. The lowest BCUT2D eigenvalue weighted by molar-refractivity contribution is -0.127. The third-order valence-corrected chi connectivity index (χ3v) is 7.93. The summed E-state index contributed by atoms with van der Waals surface area (Å²) in [6, 6.07) is 0. The Morgan fingerprint density at radius 3 is 2.50 bits per heavy atom. The lowest BCUT2D eigenvalue weighted by atomic mass is 9.56. The third-order valence-electron chi connectivity index (χ3n) is 5.79. The fourth-order valence-corrected chi connectivity index (χ4v) is 7.44. The van der Waals surface area contributed by atoms with Gasteiger partial charge < -0.3 is 4.90 Å². The van der Waals surface area contributed by atoms with Crippen LogP contribution in [-0.4, -0.2) is 33.3 Å². The molecular weight excluding hydrogens is 312 g/mol. The van der Waals surface area contributed by atoms with Crippen LogP contribution in [0.4, 0.5) is 0 Å².